The number of para-hydroxylation sites is 1. The fourth-order valence-corrected chi connectivity index (χ4v) is 1.89. The topological polar surface area (TPSA) is 73.1 Å². The van der Waals surface area contributed by atoms with Gasteiger partial charge in [0.25, 0.3) is 0 Å². The molecule has 0 radical (unpaired) electrons. The SMILES string of the molecule is C[C@@H](O)c1cccnc1Oc1ncn(-c2ccccc2)n1. The largest absolute Gasteiger partial charge is 0.404 e. The van der Waals surface area contributed by atoms with Crippen LogP contribution in [-0.2, 0) is 0 Å². The third kappa shape index (κ3) is 2.90. The molecule has 1 N–H and O–H groups in total. The molecule has 0 saturated heterocycles. The smallest absolute Gasteiger partial charge is 0.342 e. The first-order valence-electron chi connectivity index (χ1n) is 6.52. The van der Waals surface area contributed by atoms with E-state index in [0.29, 0.717) is 11.4 Å². The summed E-state index contributed by atoms with van der Waals surface area (Å²) < 4.78 is 7.17. The molecule has 2 heterocycles. The maximum Gasteiger partial charge on any atom is 0.342 e. The number of ether oxygens (including phenoxy) is 1. The number of hydrogen-bond acceptors (Lipinski definition) is 5. The molecule has 1 aromatic carbocycles. The van der Waals surface area contributed by atoms with Gasteiger partial charge in [-0.05, 0) is 31.2 Å². The van der Waals surface area contributed by atoms with Gasteiger partial charge in [0, 0.05) is 11.8 Å². The monoisotopic (exact) mass is 282 g/mol. The number of aliphatic hydroxyl groups is 1. The lowest BCUT2D eigenvalue weighted by Gasteiger charge is -2.08. The Morgan fingerprint density at radius 3 is 2.67 bits per heavy atom. The Kier molecular flexibility index (Phi) is 3.61. The zero-order valence-corrected chi connectivity index (χ0v) is 11.4. The average molecular weight is 282 g/mol. The predicted molar refractivity (Wildman–Crippen MR) is 76.3 cm³/mol. The molecule has 6 nitrogen and oxygen atoms in total. The molecule has 6 heteroatoms. The van der Waals surface area contributed by atoms with Crippen LogP contribution in [0.2, 0.25) is 0 Å². The highest BCUT2D eigenvalue weighted by molar-refractivity contribution is 5.31. The molecule has 0 amide bonds. The Hall–Kier alpha value is -2.73. The molecule has 0 fully saturated rings. The van der Waals surface area contributed by atoms with Gasteiger partial charge in [-0.25, -0.2) is 9.67 Å². The summed E-state index contributed by atoms with van der Waals surface area (Å²) in [5.74, 6) is 0.304. The van der Waals surface area contributed by atoms with Gasteiger partial charge in [0.15, 0.2) is 0 Å². The van der Waals surface area contributed by atoms with Crippen molar-refractivity contribution in [3.63, 3.8) is 0 Å². The summed E-state index contributed by atoms with van der Waals surface area (Å²) in [7, 11) is 0. The molecule has 3 aromatic rings. The van der Waals surface area contributed by atoms with E-state index in [1.165, 1.54) is 0 Å². The second-order valence-electron chi connectivity index (χ2n) is 4.48. The summed E-state index contributed by atoms with van der Waals surface area (Å²) in [6.45, 7) is 1.65. The molecule has 1 atom stereocenters. The first-order chi connectivity index (χ1) is 10.2. The van der Waals surface area contributed by atoms with Crippen LogP contribution in [0.3, 0.4) is 0 Å². The van der Waals surface area contributed by atoms with E-state index >= 15 is 0 Å². The zero-order valence-electron chi connectivity index (χ0n) is 11.4. The van der Waals surface area contributed by atoms with Crippen molar-refractivity contribution in [2.75, 3.05) is 0 Å². The summed E-state index contributed by atoms with van der Waals surface area (Å²) in [5, 5.41) is 13.9. The second-order valence-corrected chi connectivity index (χ2v) is 4.48. The molecule has 0 spiro atoms. The molecule has 0 saturated carbocycles. The Morgan fingerprint density at radius 2 is 1.90 bits per heavy atom. The lowest BCUT2D eigenvalue weighted by molar-refractivity contribution is 0.194. The Morgan fingerprint density at radius 1 is 1.10 bits per heavy atom. The fraction of sp³-hybridized carbons (Fsp3) is 0.133. The van der Waals surface area contributed by atoms with E-state index in [4.69, 9.17) is 4.74 Å². The van der Waals surface area contributed by atoms with Crippen molar-refractivity contribution in [2.45, 2.75) is 13.0 Å². The average Bonchev–Trinajstić information content (AvgIpc) is 2.97. The molecule has 21 heavy (non-hydrogen) atoms. The van der Waals surface area contributed by atoms with Crippen molar-refractivity contribution in [1.82, 2.24) is 19.7 Å². The molecular formula is C15H14N4O2. The van der Waals surface area contributed by atoms with E-state index in [1.54, 1.807) is 36.3 Å². The highest BCUT2D eigenvalue weighted by Crippen LogP contribution is 2.25. The highest BCUT2D eigenvalue weighted by atomic mass is 16.5. The van der Waals surface area contributed by atoms with Crippen molar-refractivity contribution in [3.05, 3.63) is 60.6 Å². The van der Waals surface area contributed by atoms with Crippen LogP contribution in [0.25, 0.3) is 5.69 Å². The number of nitrogens with zero attached hydrogens (tertiary/aromatic N) is 4. The molecule has 0 bridgehead atoms. The maximum absolute atomic E-state index is 9.70. The van der Waals surface area contributed by atoms with Gasteiger partial charge < -0.3 is 9.84 Å². The van der Waals surface area contributed by atoms with Gasteiger partial charge in [0.1, 0.15) is 6.33 Å². The van der Waals surface area contributed by atoms with Crippen LogP contribution in [0.15, 0.2) is 55.0 Å². The van der Waals surface area contributed by atoms with Crippen LogP contribution < -0.4 is 4.74 Å². The first-order valence-corrected chi connectivity index (χ1v) is 6.52. The Labute approximate surface area is 121 Å². The Balaban J connectivity index is 1.86. The van der Waals surface area contributed by atoms with Gasteiger partial charge in [0.05, 0.1) is 11.8 Å². The molecule has 0 aliphatic rings. The molecule has 2 aromatic heterocycles. The minimum absolute atomic E-state index is 0.180. The van der Waals surface area contributed by atoms with E-state index < -0.39 is 6.10 Å². The number of hydrogen-bond donors (Lipinski definition) is 1. The van der Waals surface area contributed by atoms with Gasteiger partial charge >= 0.3 is 6.01 Å². The lowest BCUT2D eigenvalue weighted by Crippen LogP contribution is -1.99. The molecular weight excluding hydrogens is 268 g/mol. The first kappa shape index (κ1) is 13.3. The number of rotatable bonds is 4. The number of benzene rings is 1. The number of aromatic nitrogens is 4. The quantitative estimate of drug-likeness (QED) is 0.796. The lowest BCUT2D eigenvalue weighted by atomic mass is 10.2. The zero-order chi connectivity index (χ0) is 14.7. The van der Waals surface area contributed by atoms with Gasteiger partial charge in [-0.2, -0.15) is 4.98 Å². The van der Waals surface area contributed by atoms with E-state index in [1.807, 2.05) is 30.3 Å². The van der Waals surface area contributed by atoms with Crippen molar-refractivity contribution in [3.8, 4) is 17.6 Å². The fourth-order valence-electron chi connectivity index (χ4n) is 1.89. The summed E-state index contributed by atoms with van der Waals surface area (Å²) in [5.41, 5.74) is 1.48. The van der Waals surface area contributed by atoms with Crippen LogP contribution in [-0.4, -0.2) is 24.9 Å². The van der Waals surface area contributed by atoms with Gasteiger partial charge in [-0.1, -0.05) is 18.2 Å². The van der Waals surface area contributed by atoms with E-state index in [0.717, 1.165) is 5.69 Å². The standard InChI is InChI=1S/C15H14N4O2/c1-11(20)13-8-5-9-16-14(13)21-15-17-10-19(18-15)12-6-3-2-4-7-12/h2-11,20H,1H3/t11-/m1/s1. The molecule has 0 aliphatic carbocycles. The van der Waals surface area contributed by atoms with Crippen molar-refractivity contribution in [2.24, 2.45) is 0 Å². The van der Waals surface area contributed by atoms with Crippen LogP contribution in [0.1, 0.15) is 18.6 Å². The van der Waals surface area contributed by atoms with Gasteiger partial charge in [0.2, 0.25) is 5.88 Å². The third-order valence-corrected chi connectivity index (χ3v) is 2.93. The Bertz CT molecular complexity index is 725. The van der Waals surface area contributed by atoms with Crippen molar-refractivity contribution < 1.29 is 9.84 Å². The second kappa shape index (κ2) is 5.72. The van der Waals surface area contributed by atoms with E-state index in [-0.39, 0.29) is 6.01 Å². The molecule has 3 rings (SSSR count). The number of aliphatic hydroxyl groups excluding tert-OH is 1. The molecule has 0 unspecified atom stereocenters. The predicted octanol–water partition coefficient (Wildman–Crippen LogP) is 2.51. The van der Waals surface area contributed by atoms with Crippen LogP contribution in [0.5, 0.6) is 11.9 Å². The van der Waals surface area contributed by atoms with Crippen LogP contribution in [0, 0.1) is 0 Å². The van der Waals surface area contributed by atoms with Gasteiger partial charge in [-0.15, -0.1) is 5.10 Å². The van der Waals surface area contributed by atoms with Crippen LogP contribution in [0.4, 0.5) is 0 Å². The highest BCUT2D eigenvalue weighted by Gasteiger charge is 2.13. The summed E-state index contributed by atoms with van der Waals surface area (Å²) >= 11 is 0. The minimum Gasteiger partial charge on any atom is -0.404 e. The van der Waals surface area contributed by atoms with Crippen molar-refractivity contribution in [1.29, 1.82) is 0 Å². The maximum atomic E-state index is 9.70. The molecule has 106 valence electrons. The van der Waals surface area contributed by atoms with E-state index in [2.05, 4.69) is 15.1 Å². The molecule has 0 aliphatic heterocycles. The summed E-state index contributed by atoms with van der Waals surface area (Å²) in [4.78, 5) is 8.20. The van der Waals surface area contributed by atoms with Crippen LogP contribution >= 0.6 is 0 Å². The number of pyridine rings is 1. The van der Waals surface area contributed by atoms with E-state index in [9.17, 15) is 5.11 Å². The third-order valence-electron chi connectivity index (χ3n) is 2.93. The van der Waals surface area contributed by atoms with Gasteiger partial charge in [-0.3, -0.25) is 0 Å². The normalized spacial score (nSPS) is 12.1. The summed E-state index contributed by atoms with van der Waals surface area (Å²) in [6, 6.07) is 13.3. The van der Waals surface area contributed by atoms with Crippen molar-refractivity contribution >= 4 is 0 Å². The minimum atomic E-state index is -0.676. The summed E-state index contributed by atoms with van der Waals surface area (Å²) in [6.07, 6.45) is 2.48.